The number of hydrogen-bond donors (Lipinski definition) is 1. The van der Waals surface area contributed by atoms with Crippen LogP contribution < -0.4 is 0 Å². The van der Waals surface area contributed by atoms with Gasteiger partial charge in [0.25, 0.3) is 0 Å². The summed E-state index contributed by atoms with van der Waals surface area (Å²) in [6, 6.07) is 0. The van der Waals surface area contributed by atoms with Crippen molar-refractivity contribution in [3.8, 4) is 11.3 Å². The molecule has 3 heterocycles. The van der Waals surface area contributed by atoms with Gasteiger partial charge in [-0.15, -0.1) is 0 Å². The summed E-state index contributed by atoms with van der Waals surface area (Å²) in [7, 11) is 0. The standard InChI is InChI=1S/C14H9FN4O2/c1-7(20)14(21)9-4-18-13-11(9)10(15)5-19-12(13)8-2-16-6-17-3-8/h2-6,18H,1H3. The first-order chi connectivity index (χ1) is 10.1. The van der Waals surface area contributed by atoms with Crippen molar-refractivity contribution in [1.29, 1.82) is 0 Å². The number of H-pyrrole nitrogens is 1. The fourth-order valence-corrected chi connectivity index (χ4v) is 2.12. The van der Waals surface area contributed by atoms with E-state index in [1.54, 1.807) is 0 Å². The van der Waals surface area contributed by atoms with Gasteiger partial charge in [-0.1, -0.05) is 0 Å². The summed E-state index contributed by atoms with van der Waals surface area (Å²) < 4.78 is 14.0. The third kappa shape index (κ3) is 2.08. The molecule has 0 radical (unpaired) electrons. The second kappa shape index (κ2) is 4.86. The topological polar surface area (TPSA) is 88.6 Å². The van der Waals surface area contributed by atoms with Gasteiger partial charge in [0.15, 0.2) is 11.6 Å². The zero-order valence-corrected chi connectivity index (χ0v) is 10.9. The van der Waals surface area contributed by atoms with Crippen molar-refractivity contribution < 1.29 is 14.0 Å². The molecule has 3 aromatic heterocycles. The van der Waals surface area contributed by atoms with E-state index >= 15 is 0 Å². The maximum absolute atomic E-state index is 14.0. The van der Waals surface area contributed by atoms with Crippen LogP contribution in [0.2, 0.25) is 0 Å². The Morgan fingerprint density at radius 3 is 2.57 bits per heavy atom. The molecule has 0 aromatic carbocycles. The largest absolute Gasteiger partial charge is 0.359 e. The maximum Gasteiger partial charge on any atom is 0.230 e. The number of nitrogens with one attached hydrogen (secondary N) is 1. The van der Waals surface area contributed by atoms with Gasteiger partial charge in [0.1, 0.15) is 6.33 Å². The Morgan fingerprint density at radius 2 is 1.90 bits per heavy atom. The third-order valence-corrected chi connectivity index (χ3v) is 3.06. The van der Waals surface area contributed by atoms with Crippen molar-refractivity contribution in [3.05, 3.63) is 42.5 Å². The number of Topliss-reactive ketones (excluding diaryl/α,β-unsaturated/α-hetero) is 2. The highest BCUT2D eigenvalue weighted by Gasteiger charge is 2.21. The van der Waals surface area contributed by atoms with Crippen LogP contribution in [-0.4, -0.2) is 31.5 Å². The number of aromatic nitrogens is 4. The lowest BCUT2D eigenvalue weighted by Gasteiger charge is -2.03. The summed E-state index contributed by atoms with van der Waals surface area (Å²) in [4.78, 5) is 37.6. The van der Waals surface area contributed by atoms with Crippen LogP contribution in [0.3, 0.4) is 0 Å². The van der Waals surface area contributed by atoms with E-state index in [4.69, 9.17) is 0 Å². The lowest BCUT2D eigenvalue weighted by molar-refractivity contribution is -0.113. The minimum Gasteiger partial charge on any atom is -0.359 e. The second-order valence-electron chi connectivity index (χ2n) is 4.42. The molecule has 0 saturated carbocycles. The fourth-order valence-electron chi connectivity index (χ4n) is 2.12. The average Bonchev–Trinajstić information content (AvgIpc) is 2.93. The van der Waals surface area contributed by atoms with Gasteiger partial charge in [-0.3, -0.25) is 14.6 Å². The van der Waals surface area contributed by atoms with Crippen molar-refractivity contribution in [2.75, 3.05) is 0 Å². The normalized spacial score (nSPS) is 10.8. The van der Waals surface area contributed by atoms with E-state index in [0.29, 0.717) is 16.8 Å². The Morgan fingerprint density at radius 1 is 1.19 bits per heavy atom. The van der Waals surface area contributed by atoms with Crippen molar-refractivity contribution in [2.45, 2.75) is 6.92 Å². The van der Waals surface area contributed by atoms with Crippen LogP contribution in [0.15, 0.2) is 31.1 Å². The molecule has 3 aromatic rings. The molecule has 0 aliphatic carbocycles. The van der Waals surface area contributed by atoms with Gasteiger partial charge in [-0.2, -0.15) is 0 Å². The lowest BCUT2D eigenvalue weighted by Crippen LogP contribution is -2.09. The minimum absolute atomic E-state index is 0.00417. The number of halogens is 1. The molecule has 0 spiro atoms. The van der Waals surface area contributed by atoms with Gasteiger partial charge in [0.05, 0.1) is 28.4 Å². The van der Waals surface area contributed by atoms with Crippen molar-refractivity contribution in [2.24, 2.45) is 0 Å². The number of pyridine rings is 1. The Balaban J connectivity index is 2.30. The molecule has 0 fully saturated rings. The molecule has 104 valence electrons. The Hall–Kier alpha value is -2.96. The molecule has 0 aliphatic heterocycles. The summed E-state index contributed by atoms with van der Waals surface area (Å²) in [5.74, 6) is -2.07. The van der Waals surface area contributed by atoms with Crippen LogP contribution in [0, 0.1) is 5.82 Å². The number of hydrogen-bond acceptors (Lipinski definition) is 5. The molecule has 21 heavy (non-hydrogen) atoms. The Kier molecular flexibility index (Phi) is 3.02. The van der Waals surface area contributed by atoms with E-state index < -0.39 is 17.4 Å². The molecule has 7 heteroatoms. The molecule has 3 rings (SSSR count). The summed E-state index contributed by atoms with van der Waals surface area (Å²) in [5.41, 5.74) is 1.31. The number of fused-ring (bicyclic) bond motifs is 1. The molecule has 0 saturated heterocycles. The Labute approximate surface area is 118 Å². The third-order valence-electron chi connectivity index (χ3n) is 3.06. The predicted molar refractivity (Wildman–Crippen MR) is 72.1 cm³/mol. The van der Waals surface area contributed by atoms with Crippen LogP contribution in [0.4, 0.5) is 4.39 Å². The quantitative estimate of drug-likeness (QED) is 0.586. The first-order valence-corrected chi connectivity index (χ1v) is 6.06. The highest BCUT2D eigenvalue weighted by Crippen LogP contribution is 2.29. The molecular formula is C14H9FN4O2. The monoisotopic (exact) mass is 284 g/mol. The maximum atomic E-state index is 14.0. The number of nitrogens with zero attached hydrogens (tertiary/aromatic N) is 3. The van der Waals surface area contributed by atoms with E-state index in [0.717, 1.165) is 13.1 Å². The summed E-state index contributed by atoms with van der Waals surface area (Å²) in [5, 5.41) is 0.0454. The lowest BCUT2D eigenvalue weighted by atomic mass is 10.1. The average molecular weight is 284 g/mol. The number of aromatic amines is 1. The molecule has 0 aliphatic rings. The number of ketones is 2. The van der Waals surface area contributed by atoms with Crippen LogP contribution in [0.5, 0.6) is 0 Å². The first kappa shape index (κ1) is 13.0. The highest BCUT2D eigenvalue weighted by atomic mass is 19.1. The second-order valence-corrected chi connectivity index (χ2v) is 4.42. The van der Waals surface area contributed by atoms with Crippen LogP contribution in [-0.2, 0) is 4.79 Å². The molecule has 0 unspecified atom stereocenters. The molecule has 1 N–H and O–H groups in total. The van der Waals surface area contributed by atoms with Gasteiger partial charge in [0, 0.05) is 31.1 Å². The predicted octanol–water partition coefficient (Wildman–Crippen LogP) is 1.93. The van der Waals surface area contributed by atoms with E-state index in [9.17, 15) is 14.0 Å². The minimum atomic E-state index is -0.749. The zero-order chi connectivity index (χ0) is 15.0. The van der Waals surface area contributed by atoms with E-state index in [1.807, 2.05) is 0 Å². The van der Waals surface area contributed by atoms with Crippen LogP contribution in [0.25, 0.3) is 22.2 Å². The van der Waals surface area contributed by atoms with Crippen LogP contribution >= 0.6 is 0 Å². The van der Waals surface area contributed by atoms with Gasteiger partial charge in [0.2, 0.25) is 5.78 Å². The van der Waals surface area contributed by atoms with Gasteiger partial charge in [-0.25, -0.2) is 14.4 Å². The Bertz CT molecular complexity index is 858. The fraction of sp³-hybridized carbons (Fsp3) is 0.0714. The van der Waals surface area contributed by atoms with Gasteiger partial charge in [-0.05, 0) is 0 Å². The first-order valence-electron chi connectivity index (χ1n) is 6.06. The van der Waals surface area contributed by atoms with Gasteiger partial charge >= 0.3 is 0 Å². The van der Waals surface area contributed by atoms with Crippen LogP contribution in [0.1, 0.15) is 17.3 Å². The number of carbonyl (C=O) groups is 2. The van der Waals surface area contributed by atoms with Crippen molar-refractivity contribution in [3.63, 3.8) is 0 Å². The summed E-state index contributed by atoms with van der Waals surface area (Å²) in [6.45, 7) is 1.15. The van der Waals surface area contributed by atoms with E-state index in [1.165, 1.54) is 24.9 Å². The molecule has 0 amide bonds. The van der Waals surface area contributed by atoms with Crippen molar-refractivity contribution in [1.82, 2.24) is 19.9 Å². The van der Waals surface area contributed by atoms with Crippen molar-refractivity contribution >= 4 is 22.5 Å². The van der Waals surface area contributed by atoms with E-state index in [-0.39, 0.29) is 10.9 Å². The SMILES string of the molecule is CC(=O)C(=O)c1c[nH]c2c(-c3cncnc3)ncc(F)c12. The summed E-state index contributed by atoms with van der Waals surface area (Å²) in [6.07, 6.45) is 6.74. The van der Waals surface area contributed by atoms with Gasteiger partial charge < -0.3 is 4.98 Å². The highest BCUT2D eigenvalue weighted by molar-refractivity contribution is 6.45. The molecule has 0 atom stereocenters. The number of rotatable bonds is 3. The molecule has 6 nitrogen and oxygen atoms in total. The molecule has 0 bridgehead atoms. The summed E-state index contributed by atoms with van der Waals surface area (Å²) >= 11 is 0. The number of carbonyl (C=O) groups excluding carboxylic acids is 2. The zero-order valence-electron chi connectivity index (χ0n) is 10.9. The smallest absolute Gasteiger partial charge is 0.230 e. The molecular weight excluding hydrogens is 275 g/mol. The van der Waals surface area contributed by atoms with E-state index in [2.05, 4.69) is 19.9 Å².